The third-order valence-corrected chi connectivity index (χ3v) is 4.03. The first kappa shape index (κ1) is 17.5. The van der Waals surface area contributed by atoms with Crippen LogP contribution < -0.4 is 5.73 Å². The van der Waals surface area contributed by atoms with E-state index in [4.69, 9.17) is 10.5 Å². The molecule has 0 unspecified atom stereocenters. The van der Waals surface area contributed by atoms with Gasteiger partial charge in [0, 0.05) is 11.1 Å². The second-order valence-electron chi connectivity index (χ2n) is 5.90. The fourth-order valence-electron chi connectivity index (χ4n) is 2.56. The van der Waals surface area contributed by atoms with E-state index in [9.17, 15) is 10.0 Å². The maximum atomic E-state index is 10.8. The molecule has 0 bridgehead atoms. The summed E-state index contributed by atoms with van der Waals surface area (Å²) in [4.78, 5) is 15.5. The van der Waals surface area contributed by atoms with E-state index in [1.165, 1.54) is 0 Å². The minimum Gasteiger partial charge on any atom is -0.475 e. The number of primary amides is 1. The zero-order valence-corrected chi connectivity index (χ0v) is 14.3. The van der Waals surface area contributed by atoms with E-state index < -0.39 is 6.03 Å². The lowest BCUT2D eigenvalue weighted by Crippen LogP contribution is -2.32. The molecule has 0 saturated heterocycles. The van der Waals surface area contributed by atoms with Crippen molar-refractivity contribution in [3.05, 3.63) is 70.8 Å². The highest BCUT2D eigenvalue weighted by Crippen LogP contribution is 2.25. The summed E-state index contributed by atoms with van der Waals surface area (Å²) in [6, 6.07) is 14.8. The Morgan fingerprint density at radius 3 is 2.85 bits per heavy atom. The normalized spacial score (nSPS) is 15.5. The second kappa shape index (κ2) is 7.72. The molecule has 3 N–H and O–H groups in total. The minimum absolute atomic E-state index is 0.0134. The lowest BCUT2D eigenvalue weighted by Gasteiger charge is -2.06. The molecule has 0 aliphatic carbocycles. The molecule has 0 saturated carbocycles. The Hall–Kier alpha value is -3.30. The predicted octanol–water partition coefficient (Wildman–Crippen LogP) is 2.63. The maximum Gasteiger partial charge on any atom is 0.339 e. The zero-order valence-electron chi connectivity index (χ0n) is 14.3. The topological polar surface area (TPSA) is 88.2 Å². The highest BCUT2D eigenvalue weighted by atomic mass is 16.5. The Bertz CT molecular complexity index is 898. The number of carbonyl (C=O) groups is 1. The Balaban J connectivity index is 1.80. The average Bonchev–Trinajstić information content (AvgIpc) is 3.14. The zero-order chi connectivity index (χ0) is 18.5. The van der Waals surface area contributed by atoms with Crippen LogP contribution >= 0.6 is 0 Å². The van der Waals surface area contributed by atoms with Crippen LogP contribution in [0.15, 0.2) is 53.5 Å². The van der Waals surface area contributed by atoms with Crippen LogP contribution in [0.5, 0.6) is 0 Å². The number of hydroxylamine groups is 2. The van der Waals surface area contributed by atoms with E-state index >= 15 is 0 Å². The number of hydrogen-bond acceptors (Lipinski definition) is 4. The van der Waals surface area contributed by atoms with E-state index in [2.05, 4.69) is 16.8 Å². The van der Waals surface area contributed by atoms with E-state index in [-0.39, 0.29) is 12.6 Å². The van der Waals surface area contributed by atoms with Gasteiger partial charge in [0.1, 0.15) is 19.2 Å². The molecule has 0 fully saturated rings. The molecular weight excluding hydrogens is 330 g/mol. The van der Waals surface area contributed by atoms with Gasteiger partial charge in [-0.1, -0.05) is 48.2 Å². The van der Waals surface area contributed by atoms with Crippen LogP contribution in [-0.2, 0) is 4.74 Å². The van der Waals surface area contributed by atoms with Crippen molar-refractivity contribution in [2.45, 2.75) is 13.0 Å². The Labute approximate surface area is 151 Å². The number of rotatable bonds is 3. The standard InChI is InChI=1S/C20H19N3O3/c1-14-9-10-17(12-16(14)8-5-11-23(25)20(21)24)19-22-18(13-26-19)15-6-3-2-4-7-15/h2-4,6-7,9-10,12,18,25H,11,13H2,1H3,(H2,21,24)/t18-/m0/s1. The molecule has 6 nitrogen and oxygen atoms in total. The molecule has 3 rings (SSSR count). The lowest BCUT2D eigenvalue weighted by molar-refractivity contribution is -0.0269. The summed E-state index contributed by atoms with van der Waals surface area (Å²) in [5.41, 5.74) is 8.65. The van der Waals surface area contributed by atoms with E-state index in [1.54, 1.807) is 0 Å². The van der Waals surface area contributed by atoms with Crippen LogP contribution in [0, 0.1) is 18.8 Å². The molecular formula is C20H19N3O3. The van der Waals surface area contributed by atoms with Crippen LogP contribution in [0.4, 0.5) is 4.79 Å². The number of aliphatic imine (C=N–C) groups is 1. The van der Waals surface area contributed by atoms with Gasteiger partial charge in [-0.25, -0.2) is 9.79 Å². The molecule has 1 aliphatic heterocycles. The van der Waals surface area contributed by atoms with Crippen LogP contribution in [-0.4, -0.2) is 35.4 Å². The van der Waals surface area contributed by atoms with Crippen molar-refractivity contribution < 1.29 is 14.7 Å². The molecule has 26 heavy (non-hydrogen) atoms. The summed E-state index contributed by atoms with van der Waals surface area (Å²) in [5.74, 6) is 6.24. The van der Waals surface area contributed by atoms with Crippen molar-refractivity contribution in [2.24, 2.45) is 10.7 Å². The predicted molar refractivity (Wildman–Crippen MR) is 97.8 cm³/mol. The SMILES string of the molecule is Cc1ccc(C2=N[C@H](c3ccccc3)CO2)cc1C#CCN(O)C(N)=O. The molecule has 1 aliphatic rings. The van der Waals surface area contributed by atoms with Gasteiger partial charge >= 0.3 is 6.03 Å². The van der Waals surface area contributed by atoms with Gasteiger partial charge in [0.25, 0.3) is 0 Å². The first-order valence-electron chi connectivity index (χ1n) is 8.16. The van der Waals surface area contributed by atoms with Crippen molar-refractivity contribution in [1.82, 2.24) is 5.06 Å². The number of aryl methyl sites for hydroxylation is 1. The summed E-state index contributed by atoms with van der Waals surface area (Å²) in [6.45, 7) is 2.28. The number of carbonyl (C=O) groups excluding carboxylic acids is 1. The fraction of sp³-hybridized carbons (Fsp3) is 0.200. The molecule has 6 heteroatoms. The smallest absolute Gasteiger partial charge is 0.339 e. The summed E-state index contributed by atoms with van der Waals surface area (Å²) in [5, 5.41) is 9.62. The molecule has 1 atom stereocenters. The molecule has 2 aromatic carbocycles. The van der Waals surface area contributed by atoms with Crippen LogP contribution in [0.1, 0.15) is 28.3 Å². The van der Waals surface area contributed by atoms with Crippen molar-refractivity contribution in [3.63, 3.8) is 0 Å². The number of hydrogen-bond donors (Lipinski definition) is 2. The van der Waals surface area contributed by atoms with Gasteiger partial charge in [-0.2, -0.15) is 5.06 Å². The quantitative estimate of drug-likeness (QED) is 0.507. The van der Waals surface area contributed by atoms with Crippen molar-refractivity contribution >= 4 is 11.9 Å². The van der Waals surface area contributed by atoms with E-state index in [1.807, 2.05) is 55.5 Å². The molecule has 0 radical (unpaired) electrons. The number of nitrogens with zero attached hydrogens (tertiary/aromatic N) is 2. The number of ether oxygens (including phenoxy) is 1. The third kappa shape index (κ3) is 4.02. The Kier molecular flexibility index (Phi) is 5.20. The van der Waals surface area contributed by atoms with Gasteiger partial charge in [0.05, 0.1) is 0 Å². The monoisotopic (exact) mass is 349 g/mol. The van der Waals surface area contributed by atoms with Gasteiger partial charge in [0.2, 0.25) is 5.90 Å². The molecule has 0 aromatic heterocycles. The molecule has 1 heterocycles. The molecule has 132 valence electrons. The molecule has 0 spiro atoms. The minimum atomic E-state index is -0.939. The van der Waals surface area contributed by atoms with Crippen LogP contribution in [0.2, 0.25) is 0 Å². The second-order valence-corrected chi connectivity index (χ2v) is 5.90. The number of benzene rings is 2. The van der Waals surface area contributed by atoms with Gasteiger partial charge < -0.3 is 10.5 Å². The Morgan fingerprint density at radius 1 is 1.35 bits per heavy atom. The molecule has 2 amide bonds. The van der Waals surface area contributed by atoms with Gasteiger partial charge in [-0.3, -0.25) is 5.21 Å². The van der Waals surface area contributed by atoms with Crippen molar-refractivity contribution in [3.8, 4) is 11.8 Å². The van der Waals surface area contributed by atoms with Gasteiger partial charge in [0.15, 0.2) is 0 Å². The van der Waals surface area contributed by atoms with E-state index in [0.717, 1.165) is 22.3 Å². The van der Waals surface area contributed by atoms with Crippen molar-refractivity contribution in [2.75, 3.05) is 13.2 Å². The van der Waals surface area contributed by atoms with Gasteiger partial charge in [-0.15, -0.1) is 0 Å². The van der Waals surface area contributed by atoms with Crippen LogP contribution in [0.25, 0.3) is 0 Å². The summed E-state index contributed by atoms with van der Waals surface area (Å²) in [6.07, 6.45) is 0. The first-order valence-corrected chi connectivity index (χ1v) is 8.16. The van der Waals surface area contributed by atoms with E-state index in [0.29, 0.717) is 17.6 Å². The highest BCUT2D eigenvalue weighted by molar-refractivity contribution is 5.95. The maximum absolute atomic E-state index is 10.8. The lowest BCUT2D eigenvalue weighted by atomic mass is 10.1. The summed E-state index contributed by atoms with van der Waals surface area (Å²) >= 11 is 0. The van der Waals surface area contributed by atoms with Crippen LogP contribution in [0.3, 0.4) is 0 Å². The third-order valence-electron chi connectivity index (χ3n) is 4.03. The summed E-state index contributed by atoms with van der Waals surface area (Å²) in [7, 11) is 0. The van der Waals surface area contributed by atoms with Gasteiger partial charge in [-0.05, 0) is 30.2 Å². The number of amides is 2. The highest BCUT2D eigenvalue weighted by Gasteiger charge is 2.21. The number of nitrogens with two attached hydrogens (primary N) is 1. The number of urea groups is 1. The fourth-order valence-corrected chi connectivity index (χ4v) is 2.56. The first-order chi connectivity index (χ1) is 12.5. The average molecular weight is 349 g/mol. The van der Waals surface area contributed by atoms with Crippen molar-refractivity contribution in [1.29, 1.82) is 0 Å². The Morgan fingerprint density at radius 2 is 2.12 bits per heavy atom. The largest absolute Gasteiger partial charge is 0.475 e. The summed E-state index contributed by atoms with van der Waals surface area (Å²) < 4.78 is 5.77. The molecule has 2 aromatic rings.